The van der Waals surface area contributed by atoms with Gasteiger partial charge >= 0.3 is 5.69 Å². The van der Waals surface area contributed by atoms with E-state index in [1.807, 2.05) is 6.92 Å². The maximum atomic E-state index is 13.5. The lowest BCUT2D eigenvalue weighted by molar-refractivity contribution is 0.103. The number of H-pyrrole nitrogens is 1. The number of carbonyl (C=O) groups is 1. The van der Waals surface area contributed by atoms with Crippen molar-refractivity contribution in [3.8, 4) is 5.69 Å². The molecule has 2 heterocycles. The molecule has 9 heteroatoms. The van der Waals surface area contributed by atoms with Gasteiger partial charge in [0.1, 0.15) is 5.56 Å². The molecule has 0 saturated carbocycles. The fourth-order valence-electron chi connectivity index (χ4n) is 4.18. The van der Waals surface area contributed by atoms with E-state index in [4.69, 9.17) is 11.6 Å². The van der Waals surface area contributed by atoms with Gasteiger partial charge in [0.2, 0.25) is 5.78 Å². The van der Waals surface area contributed by atoms with Crippen LogP contribution in [0.5, 0.6) is 0 Å². The quantitative estimate of drug-likeness (QED) is 0.457. The maximum absolute atomic E-state index is 13.5. The molecule has 2 aromatic carbocycles. The molecule has 0 aliphatic heterocycles. The number of nitrogens with one attached hydrogen (secondary N) is 1. The largest absolute Gasteiger partial charge is 0.335 e. The lowest BCUT2D eigenvalue weighted by Gasteiger charge is -2.14. The molecule has 0 bridgehead atoms. The lowest BCUT2D eigenvalue weighted by Crippen LogP contribution is -2.38. The molecular weight excluding hydrogens is 444 g/mol. The first-order chi connectivity index (χ1) is 15.7. The molecule has 0 radical (unpaired) electrons. The molecule has 0 atom stereocenters. The summed E-state index contributed by atoms with van der Waals surface area (Å²) in [7, 11) is 1.56. The Morgan fingerprint density at radius 1 is 1.06 bits per heavy atom. The van der Waals surface area contributed by atoms with Crippen LogP contribution in [0.4, 0.5) is 0 Å². The smallest absolute Gasteiger partial charge is 0.299 e. The molecule has 0 aliphatic rings. The summed E-state index contributed by atoms with van der Waals surface area (Å²) in [6, 6.07) is 9.56. The number of benzene rings is 2. The zero-order chi connectivity index (χ0) is 24.0. The number of fused-ring (bicyclic) bond motifs is 1. The monoisotopic (exact) mass is 466 g/mol. The SMILES string of the molecule is CCCn1[nH]c(C)c(C(=O)c2ccc3c(c2C)c(=O)n(-c2cccc(Cl)c2)c(=O)n3C)c1=O. The van der Waals surface area contributed by atoms with Crippen LogP contribution in [0, 0.1) is 13.8 Å². The average molecular weight is 467 g/mol. The second-order valence-corrected chi connectivity index (χ2v) is 8.43. The number of aromatic nitrogens is 4. The Morgan fingerprint density at radius 3 is 2.45 bits per heavy atom. The van der Waals surface area contributed by atoms with Gasteiger partial charge in [0, 0.05) is 29.9 Å². The molecule has 4 aromatic rings. The van der Waals surface area contributed by atoms with Crippen LogP contribution in [0.1, 0.15) is 40.5 Å². The van der Waals surface area contributed by atoms with Gasteiger partial charge in [-0.3, -0.25) is 28.7 Å². The first-order valence-corrected chi connectivity index (χ1v) is 10.9. The van der Waals surface area contributed by atoms with Crippen LogP contribution >= 0.6 is 11.6 Å². The van der Waals surface area contributed by atoms with E-state index in [0.29, 0.717) is 34.0 Å². The summed E-state index contributed by atoms with van der Waals surface area (Å²) in [5, 5.41) is 3.55. The number of aryl methyl sites for hydroxylation is 4. The van der Waals surface area contributed by atoms with Crippen molar-refractivity contribution >= 4 is 28.3 Å². The molecule has 0 spiro atoms. The molecular formula is C24H23ClN4O4. The number of aromatic amines is 1. The van der Waals surface area contributed by atoms with E-state index >= 15 is 0 Å². The highest BCUT2D eigenvalue weighted by Crippen LogP contribution is 2.22. The van der Waals surface area contributed by atoms with E-state index in [0.717, 1.165) is 11.0 Å². The molecule has 8 nitrogen and oxygen atoms in total. The van der Waals surface area contributed by atoms with E-state index in [2.05, 4.69) is 5.10 Å². The second kappa shape index (κ2) is 8.37. The fraction of sp³-hybridized carbons (Fsp3) is 0.250. The summed E-state index contributed by atoms with van der Waals surface area (Å²) in [6.07, 6.45) is 0.736. The van der Waals surface area contributed by atoms with Crippen molar-refractivity contribution in [1.82, 2.24) is 18.9 Å². The third-order valence-electron chi connectivity index (χ3n) is 5.82. The van der Waals surface area contributed by atoms with Crippen molar-refractivity contribution in [3.05, 3.63) is 95.0 Å². The molecule has 0 aliphatic carbocycles. The van der Waals surface area contributed by atoms with Crippen molar-refractivity contribution in [2.24, 2.45) is 7.05 Å². The lowest BCUT2D eigenvalue weighted by atomic mass is 9.96. The van der Waals surface area contributed by atoms with Gasteiger partial charge in [-0.1, -0.05) is 24.6 Å². The van der Waals surface area contributed by atoms with Crippen molar-refractivity contribution in [3.63, 3.8) is 0 Å². The van der Waals surface area contributed by atoms with Crippen molar-refractivity contribution in [2.45, 2.75) is 33.7 Å². The molecule has 1 N–H and O–H groups in total. The number of nitrogens with zero attached hydrogens (tertiary/aromatic N) is 3. The molecule has 4 rings (SSSR count). The minimum Gasteiger partial charge on any atom is -0.299 e. The summed E-state index contributed by atoms with van der Waals surface area (Å²) in [6.45, 7) is 5.73. The summed E-state index contributed by atoms with van der Waals surface area (Å²) >= 11 is 6.07. The number of rotatable bonds is 5. The Bertz CT molecular complexity index is 1600. The molecule has 0 fully saturated rings. The summed E-state index contributed by atoms with van der Waals surface area (Å²) in [4.78, 5) is 52.7. The van der Waals surface area contributed by atoms with Crippen LogP contribution in [0.25, 0.3) is 16.6 Å². The van der Waals surface area contributed by atoms with Gasteiger partial charge in [0.15, 0.2) is 0 Å². The van der Waals surface area contributed by atoms with E-state index in [-0.39, 0.29) is 16.5 Å². The van der Waals surface area contributed by atoms with E-state index in [9.17, 15) is 19.2 Å². The summed E-state index contributed by atoms with van der Waals surface area (Å²) < 4.78 is 3.80. The number of halogens is 1. The Morgan fingerprint density at radius 2 is 1.79 bits per heavy atom. The third kappa shape index (κ3) is 3.56. The second-order valence-electron chi connectivity index (χ2n) is 7.99. The van der Waals surface area contributed by atoms with Crippen molar-refractivity contribution in [2.75, 3.05) is 0 Å². The Labute approximate surface area is 193 Å². The molecule has 0 amide bonds. The molecule has 33 heavy (non-hydrogen) atoms. The first kappa shape index (κ1) is 22.5. The predicted molar refractivity (Wildman–Crippen MR) is 128 cm³/mol. The van der Waals surface area contributed by atoms with Crippen LogP contribution in [0.15, 0.2) is 50.8 Å². The molecule has 0 unspecified atom stereocenters. The van der Waals surface area contributed by atoms with Crippen LogP contribution in [-0.4, -0.2) is 24.7 Å². The zero-order valence-electron chi connectivity index (χ0n) is 18.7. The normalized spacial score (nSPS) is 11.3. The van der Waals surface area contributed by atoms with Gasteiger partial charge in [0.25, 0.3) is 11.1 Å². The Kier molecular flexibility index (Phi) is 5.71. The van der Waals surface area contributed by atoms with Crippen LogP contribution in [0.3, 0.4) is 0 Å². The Balaban J connectivity index is 2.00. The number of hydrogen-bond donors (Lipinski definition) is 1. The van der Waals surface area contributed by atoms with Gasteiger partial charge in [-0.05, 0) is 56.2 Å². The highest BCUT2D eigenvalue weighted by Gasteiger charge is 2.24. The topological polar surface area (TPSA) is 98.9 Å². The highest BCUT2D eigenvalue weighted by atomic mass is 35.5. The highest BCUT2D eigenvalue weighted by molar-refractivity contribution is 6.30. The van der Waals surface area contributed by atoms with Crippen LogP contribution in [0.2, 0.25) is 5.02 Å². The van der Waals surface area contributed by atoms with Crippen LogP contribution < -0.4 is 16.8 Å². The fourth-order valence-corrected chi connectivity index (χ4v) is 4.36. The Hall–Kier alpha value is -3.65. The third-order valence-corrected chi connectivity index (χ3v) is 6.06. The van der Waals surface area contributed by atoms with Crippen LogP contribution in [-0.2, 0) is 13.6 Å². The average Bonchev–Trinajstić information content (AvgIpc) is 3.05. The van der Waals surface area contributed by atoms with Gasteiger partial charge in [-0.15, -0.1) is 0 Å². The minimum absolute atomic E-state index is 0.0471. The number of hydrogen-bond acceptors (Lipinski definition) is 4. The minimum atomic E-state index is -0.559. The number of carbonyl (C=O) groups excluding carboxylic acids is 1. The maximum Gasteiger partial charge on any atom is 0.335 e. The summed E-state index contributed by atoms with van der Waals surface area (Å²) in [5.74, 6) is -0.467. The van der Waals surface area contributed by atoms with Crippen molar-refractivity contribution in [1.29, 1.82) is 0 Å². The zero-order valence-corrected chi connectivity index (χ0v) is 19.5. The van der Waals surface area contributed by atoms with Gasteiger partial charge in [-0.25, -0.2) is 9.36 Å². The van der Waals surface area contributed by atoms with Crippen molar-refractivity contribution < 1.29 is 4.79 Å². The number of ketones is 1. The van der Waals surface area contributed by atoms with E-state index in [1.165, 1.54) is 15.3 Å². The van der Waals surface area contributed by atoms with Gasteiger partial charge < -0.3 is 0 Å². The molecule has 0 saturated heterocycles. The summed E-state index contributed by atoms with van der Waals surface area (Å²) in [5.41, 5.74) is 0.390. The standard InChI is InChI=1S/C24H23ClN4O4/c1-5-11-28-22(31)20(14(3)26-28)21(30)17-9-10-18-19(13(17)2)23(32)29(24(33)27(18)4)16-8-6-7-15(25)12-16/h6-10,12,26H,5,11H2,1-4H3. The predicted octanol–water partition coefficient (Wildman–Crippen LogP) is 3.09. The molecule has 170 valence electrons. The van der Waals surface area contributed by atoms with Gasteiger partial charge in [-0.2, -0.15) is 0 Å². The van der Waals surface area contributed by atoms with Gasteiger partial charge in [0.05, 0.1) is 16.6 Å². The van der Waals surface area contributed by atoms with E-state index < -0.39 is 22.6 Å². The molecule has 2 aromatic heterocycles. The first-order valence-electron chi connectivity index (χ1n) is 10.5. The van der Waals surface area contributed by atoms with E-state index in [1.54, 1.807) is 51.2 Å².